The Morgan fingerprint density at radius 1 is 1.09 bits per heavy atom. The molecule has 1 fully saturated rings. The molecule has 2 aromatic heterocycles. The molecule has 1 saturated heterocycles. The molecule has 1 aromatic carbocycles. The minimum Gasteiger partial charge on any atom is -0.351 e. The summed E-state index contributed by atoms with van der Waals surface area (Å²) in [5.41, 5.74) is 1.15. The van der Waals surface area contributed by atoms with Crippen molar-refractivity contribution in [1.29, 1.82) is 0 Å². The second-order valence-electron chi connectivity index (χ2n) is 9.00. The average molecular weight is 502 g/mol. The maximum atomic E-state index is 14.1. The van der Waals surface area contributed by atoms with E-state index in [0.717, 1.165) is 17.3 Å². The third-order valence-electron chi connectivity index (χ3n) is 6.05. The summed E-state index contributed by atoms with van der Waals surface area (Å²) >= 11 is 0. The smallest absolute Gasteiger partial charge is 0.255 e. The highest BCUT2D eigenvalue weighted by Crippen LogP contribution is 2.27. The number of likely N-dealkylation sites (tertiary alicyclic amines) is 1. The highest BCUT2D eigenvalue weighted by molar-refractivity contribution is 7.88. The molecule has 35 heavy (non-hydrogen) atoms. The second kappa shape index (κ2) is 9.74. The quantitative estimate of drug-likeness (QED) is 0.482. The molecule has 0 aliphatic carbocycles. The number of carbonyl (C=O) groups excluding carboxylic acids is 2. The number of rotatable bonds is 7. The van der Waals surface area contributed by atoms with E-state index in [9.17, 15) is 22.4 Å². The minimum absolute atomic E-state index is 0.112. The summed E-state index contributed by atoms with van der Waals surface area (Å²) in [4.78, 5) is 31.3. The number of halogens is 1. The predicted molar refractivity (Wildman–Crippen MR) is 131 cm³/mol. The molecule has 186 valence electrons. The fraction of sp³-hybridized carbons (Fsp3) is 0.375. The maximum absolute atomic E-state index is 14.1. The van der Waals surface area contributed by atoms with Crippen LogP contribution in [0.1, 0.15) is 40.5 Å². The second-order valence-corrected chi connectivity index (χ2v) is 10.8. The number of hydrogen-bond donors (Lipinski definition) is 2. The van der Waals surface area contributed by atoms with Crippen molar-refractivity contribution in [3.63, 3.8) is 0 Å². The van der Waals surface area contributed by atoms with Gasteiger partial charge in [0, 0.05) is 55.2 Å². The van der Waals surface area contributed by atoms with Gasteiger partial charge >= 0.3 is 0 Å². The Morgan fingerprint density at radius 3 is 2.43 bits per heavy atom. The highest BCUT2D eigenvalue weighted by Gasteiger charge is 2.32. The molecule has 1 aliphatic heterocycles. The van der Waals surface area contributed by atoms with Crippen molar-refractivity contribution < 1.29 is 22.4 Å². The summed E-state index contributed by atoms with van der Waals surface area (Å²) in [6.45, 7) is 2.63. The number of nitrogens with zero attached hydrogens (tertiary/aromatic N) is 3. The van der Waals surface area contributed by atoms with Crippen LogP contribution in [0, 0.1) is 0 Å². The number of aromatic nitrogens is 2. The fourth-order valence-corrected chi connectivity index (χ4v) is 4.47. The lowest BCUT2D eigenvalue weighted by Gasteiger charge is -2.34. The molecule has 0 unspecified atom stereocenters. The van der Waals surface area contributed by atoms with Crippen molar-refractivity contribution in [1.82, 2.24) is 24.5 Å². The minimum atomic E-state index is -3.30. The zero-order chi connectivity index (χ0) is 25.2. The maximum Gasteiger partial charge on any atom is 0.255 e. The molecule has 3 aromatic rings. The van der Waals surface area contributed by atoms with Crippen molar-refractivity contribution in [2.24, 2.45) is 0 Å². The molecule has 11 heteroatoms. The Kier molecular flexibility index (Phi) is 6.91. The Hall–Kier alpha value is -3.31. The average Bonchev–Trinajstić information content (AvgIpc) is 3.24. The topological polar surface area (TPSA) is 113 Å². The number of sulfonamides is 1. The van der Waals surface area contributed by atoms with Crippen molar-refractivity contribution in [2.45, 2.75) is 25.4 Å². The van der Waals surface area contributed by atoms with Gasteiger partial charge in [-0.15, -0.1) is 0 Å². The number of carbonyl (C=O) groups is 2. The van der Waals surface area contributed by atoms with Crippen LogP contribution in [0.2, 0.25) is 0 Å². The van der Waals surface area contributed by atoms with Gasteiger partial charge in [0.05, 0.1) is 11.8 Å². The normalized spacial score (nSPS) is 15.8. The van der Waals surface area contributed by atoms with Crippen LogP contribution in [0.15, 0.2) is 48.8 Å². The SMILES string of the molecule is CC1(F)CCN(C(=O)c2cnc3c(ccn3-c3ccc(C(=O)NCCNS(C)(=O)=O)cc3)c2)CC1. The lowest BCUT2D eigenvalue weighted by atomic mass is 9.95. The molecule has 0 bridgehead atoms. The Labute approximate surface area is 203 Å². The molecule has 0 saturated carbocycles. The third-order valence-corrected chi connectivity index (χ3v) is 6.78. The van der Waals surface area contributed by atoms with Gasteiger partial charge in [-0.2, -0.15) is 0 Å². The first-order chi connectivity index (χ1) is 16.5. The van der Waals surface area contributed by atoms with Crippen LogP contribution in [0.4, 0.5) is 4.39 Å². The van der Waals surface area contributed by atoms with E-state index in [4.69, 9.17) is 0 Å². The summed E-state index contributed by atoms with van der Waals surface area (Å²) in [6, 6.07) is 10.6. The largest absolute Gasteiger partial charge is 0.351 e. The first-order valence-corrected chi connectivity index (χ1v) is 13.2. The van der Waals surface area contributed by atoms with Crippen LogP contribution in [0.3, 0.4) is 0 Å². The number of alkyl halides is 1. The lowest BCUT2D eigenvalue weighted by molar-refractivity contribution is 0.0503. The van der Waals surface area contributed by atoms with Crippen LogP contribution in [0.5, 0.6) is 0 Å². The number of benzene rings is 1. The first kappa shape index (κ1) is 24.8. The molecule has 9 nitrogen and oxygen atoms in total. The van der Waals surface area contributed by atoms with Crippen LogP contribution >= 0.6 is 0 Å². The summed E-state index contributed by atoms with van der Waals surface area (Å²) in [5, 5.41) is 3.46. The van der Waals surface area contributed by atoms with Gasteiger partial charge in [-0.3, -0.25) is 9.59 Å². The van der Waals surface area contributed by atoms with E-state index in [1.165, 1.54) is 6.20 Å². The molecular formula is C24H28FN5O4S. The number of hydrogen-bond acceptors (Lipinski definition) is 5. The monoisotopic (exact) mass is 501 g/mol. The molecular weight excluding hydrogens is 473 g/mol. The molecule has 4 rings (SSSR count). The number of pyridine rings is 1. The van der Waals surface area contributed by atoms with Crippen molar-refractivity contribution >= 4 is 32.9 Å². The van der Waals surface area contributed by atoms with Gasteiger partial charge < -0.3 is 14.8 Å². The van der Waals surface area contributed by atoms with Gasteiger partial charge in [-0.1, -0.05) is 0 Å². The zero-order valence-corrected chi connectivity index (χ0v) is 20.4. The lowest BCUT2D eigenvalue weighted by Crippen LogP contribution is -2.43. The highest BCUT2D eigenvalue weighted by atomic mass is 32.2. The third kappa shape index (κ3) is 6.04. The molecule has 2 N–H and O–H groups in total. The van der Waals surface area contributed by atoms with Crippen molar-refractivity contribution in [3.05, 3.63) is 59.9 Å². The number of fused-ring (bicyclic) bond motifs is 1. The van der Waals surface area contributed by atoms with E-state index in [0.29, 0.717) is 42.7 Å². The van der Waals surface area contributed by atoms with Crippen LogP contribution in [0.25, 0.3) is 16.7 Å². The predicted octanol–water partition coefficient (Wildman–Crippen LogP) is 2.27. The van der Waals surface area contributed by atoms with Gasteiger partial charge in [0.2, 0.25) is 10.0 Å². The van der Waals surface area contributed by atoms with Crippen LogP contribution in [-0.2, 0) is 10.0 Å². The molecule has 1 aliphatic rings. The number of piperidine rings is 1. The van der Waals surface area contributed by atoms with Crippen molar-refractivity contribution in [3.8, 4) is 5.69 Å². The zero-order valence-electron chi connectivity index (χ0n) is 19.6. The Balaban J connectivity index is 1.43. The van der Waals surface area contributed by atoms with Crippen molar-refractivity contribution in [2.75, 3.05) is 32.4 Å². The van der Waals surface area contributed by atoms with Gasteiger partial charge in [0.25, 0.3) is 11.8 Å². The molecule has 0 radical (unpaired) electrons. The van der Waals surface area contributed by atoms with Gasteiger partial charge in [-0.25, -0.2) is 22.5 Å². The van der Waals surface area contributed by atoms with E-state index < -0.39 is 15.7 Å². The summed E-state index contributed by atoms with van der Waals surface area (Å²) < 4.78 is 40.4. The summed E-state index contributed by atoms with van der Waals surface area (Å²) in [5.74, 6) is -0.457. The first-order valence-electron chi connectivity index (χ1n) is 11.3. The summed E-state index contributed by atoms with van der Waals surface area (Å²) in [7, 11) is -3.30. The van der Waals surface area contributed by atoms with Crippen LogP contribution < -0.4 is 10.0 Å². The Morgan fingerprint density at radius 2 is 1.77 bits per heavy atom. The van der Waals surface area contributed by atoms with E-state index in [2.05, 4.69) is 15.0 Å². The standard InChI is InChI=1S/C24H28FN5O4S/c1-24(25)8-13-29(14-9-24)23(32)19-15-18-7-12-30(21(18)27-16-19)20-5-3-17(4-6-20)22(31)26-10-11-28-35(2,33)34/h3-7,12,15-16,28H,8-11,13-14H2,1-2H3,(H,26,31). The van der Waals surface area contributed by atoms with Gasteiger partial charge in [0.15, 0.2) is 0 Å². The van der Waals surface area contributed by atoms with E-state index in [1.807, 2.05) is 16.8 Å². The number of nitrogens with one attached hydrogen (secondary N) is 2. The van der Waals surface area contributed by atoms with Crippen LogP contribution in [-0.4, -0.2) is 72.8 Å². The summed E-state index contributed by atoms with van der Waals surface area (Å²) in [6.07, 6.45) is 5.10. The molecule has 2 amide bonds. The van der Waals surface area contributed by atoms with E-state index in [1.54, 1.807) is 42.2 Å². The Bertz CT molecular complexity index is 1340. The molecule has 0 atom stereocenters. The van der Waals surface area contributed by atoms with E-state index in [-0.39, 0.29) is 24.9 Å². The molecule has 0 spiro atoms. The van der Waals surface area contributed by atoms with Gasteiger partial charge in [0.1, 0.15) is 11.3 Å². The molecule has 3 heterocycles. The van der Waals surface area contributed by atoms with Gasteiger partial charge in [-0.05, 0) is 56.2 Å². The van der Waals surface area contributed by atoms with E-state index >= 15 is 0 Å². The number of amides is 2. The fourth-order valence-electron chi connectivity index (χ4n) is 4.00.